The minimum Gasteiger partial charge on any atom is -0.229 e. The van der Waals surface area contributed by atoms with Gasteiger partial charge in [0, 0.05) is 10.0 Å². The number of amidine groups is 1. The highest BCUT2D eigenvalue weighted by atomic mass is 35.5. The first-order valence-electron chi connectivity index (χ1n) is 9.64. The van der Waals surface area contributed by atoms with Gasteiger partial charge in [-0.3, -0.25) is 0 Å². The van der Waals surface area contributed by atoms with E-state index in [1.807, 2.05) is 31.2 Å². The van der Waals surface area contributed by atoms with Crippen LogP contribution in [-0.2, 0) is 0 Å². The highest BCUT2D eigenvalue weighted by Crippen LogP contribution is 2.47. The molecule has 1 aliphatic carbocycles. The van der Waals surface area contributed by atoms with Crippen molar-refractivity contribution in [3.63, 3.8) is 0 Å². The number of hydrazone groups is 1. The molecule has 2 heterocycles. The van der Waals surface area contributed by atoms with Crippen LogP contribution in [-0.4, -0.2) is 15.2 Å². The molecular weight excluding hydrogens is 421 g/mol. The van der Waals surface area contributed by atoms with Gasteiger partial charge in [0.15, 0.2) is 5.17 Å². The van der Waals surface area contributed by atoms with Gasteiger partial charge in [-0.15, -0.1) is 0 Å². The van der Waals surface area contributed by atoms with E-state index in [1.165, 1.54) is 16.7 Å². The molecule has 29 heavy (non-hydrogen) atoms. The van der Waals surface area contributed by atoms with Crippen LogP contribution in [0.2, 0.25) is 10.0 Å². The summed E-state index contributed by atoms with van der Waals surface area (Å²) in [6, 6.07) is 16.2. The van der Waals surface area contributed by atoms with Crippen LogP contribution in [0.1, 0.15) is 43.4 Å². The van der Waals surface area contributed by atoms with Crippen LogP contribution < -0.4 is 0 Å². The van der Waals surface area contributed by atoms with Crippen molar-refractivity contribution in [3.8, 4) is 0 Å². The molecule has 0 bridgehead atoms. The Hall–Kier alpha value is -2.01. The third-order valence-corrected chi connectivity index (χ3v) is 6.70. The minimum absolute atomic E-state index is 0.0636. The van der Waals surface area contributed by atoms with E-state index in [1.54, 1.807) is 11.8 Å². The Morgan fingerprint density at radius 3 is 2.41 bits per heavy atom. The van der Waals surface area contributed by atoms with Crippen LogP contribution in [0.4, 0.5) is 0 Å². The number of hydrogen-bond donors (Lipinski definition) is 0. The average molecular weight is 440 g/mol. The Balaban J connectivity index is 1.63. The zero-order chi connectivity index (χ0) is 20.0. The molecule has 0 spiro atoms. The van der Waals surface area contributed by atoms with Crippen LogP contribution in [0.25, 0.3) is 6.08 Å². The zero-order valence-electron chi connectivity index (χ0n) is 15.9. The monoisotopic (exact) mass is 439 g/mol. The van der Waals surface area contributed by atoms with E-state index in [-0.39, 0.29) is 6.04 Å². The van der Waals surface area contributed by atoms with E-state index in [2.05, 4.69) is 35.4 Å². The van der Waals surface area contributed by atoms with Crippen molar-refractivity contribution in [2.24, 2.45) is 10.1 Å². The fourth-order valence-electron chi connectivity index (χ4n) is 4.09. The fourth-order valence-corrected chi connectivity index (χ4v) is 5.11. The summed E-state index contributed by atoms with van der Waals surface area (Å²) < 4.78 is 0. The van der Waals surface area contributed by atoms with Gasteiger partial charge in [0.05, 0.1) is 10.7 Å². The maximum atomic E-state index is 6.15. The van der Waals surface area contributed by atoms with Crippen LogP contribution in [0, 0.1) is 0 Å². The molecule has 1 atom stereocenters. The van der Waals surface area contributed by atoms with Crippen LogP contribution in [0.5, 0.6) is 0 Å². The lowest BCUT2D eigenvalue weighted by Gasteiger charge is -2.36. The Bertz CT molecular complexity index is 1080. The summed E-state index contributed by atoms with van der Waals surface area (Å²) in [5.74, 6) is 0. The Kier molecular flexibility index (Phi) is 5.02. The molecule has 0 saturated carbocycles. The van der Waals surface area contributed by atoms with Crippen molar-refractivity contribution >= 4 is 51.3 Å². The second kappa shape index (κ2) is 7.67. The quantitative estimate of drug-likeness (QED) is 0.490. The molecule has 0 aromatic heterocycles. The van der Waals surface area contributed by atoms with E-state index >= 15 is 0 Å². The van der Waals surface area contributed by atoms with Gasteiger partial charge in [-0.2, -0.15) is 5.10 Å². The van der Waals surface area contributed by atoms with Gasteiger partial charge in [-0.25, -0.2) is 10.0 Å². The maximum absolute atomic E-state index is 6.15. The number of nitrogens with zero attached hydrogens (tertiary/aromatic N) is 3. The fraction of sp³-hybridized carbons (Fsp3) is 0.217. The summed E-state index contributed by atoms with van der Waals surface area (Å²) in [4.78, 5) is 5.05. The van der Waals surface area contributed by atoms with Gasteiger partial charge >= 0.3 is 0 Å². The molecule has 6 heteroatoms. The van der Waals surface area contributed by atoms with Gasteiger partial charge in [0.25, 0.3) is 0 Å². The average Bonchev–Trinajstić information content (AvgIpc) is 3.09. The number of benzene rings is 2. The predicted octanol–water partition coefficient (Wildman–Crippen LogP) is 7.31. The number of rotatable bonds is 2. The summed E-state index contributed by atoms with van der Waals surface area (Å²) in [7, 11) is 0. The molecule has 0 amide bonds. The van der Waals surface area contributed by atoms with Crippen molar-refractivity contribution in [1.82, 2.24) is 5.01 Å². The number of thioether (sulfide) groups is 1. The first-order valence-corrected chi connectivity index (χ1v) is 11.2. The highest BCUT2D eigenvalue weighted by molar-refractivity contribution is 8.26. The molecule has 1 unspecified atom stereocenters. The Morgan fingerprint density at radius 2 is 1.69 bits per heavy atom. The lowest BCUT2D eigenvalue weighted by molar-refractivity contribution is 0.360. The van der Waals surface area contributed by atoms with Gasteiger partial charge in [-0.1, -0.05) is 47.5 Å². The van der Waals surface area contributed by atoms with E-state index < -0.39 is 0 Å². The number of fused-ring (bicyclic) bond motifs is 1. The van der Waals surface area contributed by atoms with E-state index in [0.717, 1.165) is 50.8 Å². The Labute approximate surface area is 184 Å². The summed E-state index contributed by atoms with van der Waals surface area (Å²) in [6.45, 7) is 2.04. The molecule has 0 N–H and O–H groups in total. The largest absolute Gasteiger partial charge is 0.229 e. The van der Waals surface area contributed by atoms with Gasteiger partial charge in [0.2, 0.25) is 0 Å². The normalized spacial score (nSPS) is 22.4. The smallest absolute Gasteiger partial charge is 0.192 e. The first kappa shape index (κ1) is 19.0. The standard InChI is InChI=1S/C23H19Cl2N3S/c1-14-27-28-22(16-7-11-19(25)12-8-16)20-4-2-3-17(21(20)26-23(28)29-14)13-15-5-9-18(24)10-6-15/h5-13,22H,2-4H2,1H3/b17-13+. The molecule has 2 aromatic carbocycles. The summed E-state index contributed by atoms with van der Waals surface area (Å²) in [6.07, 6.45) is 5.40. The van der Waals surface area contributed by atoms with E-state index in [9.17, 15) is 0 Å². The molecule has 3 nitrogen and oxygen atoms in total. The van der Waals surface area contributed by atoms with Crippen molar-refractivity contribution in [2.75, 3.05) is 0 Å². The van der Waals surface area contributed by atoms with Crippen molar-refractivity contribution in [3.05, 3.63) is 86.5 Å². The topological polar surface area (TPSA) is 28.0 Å². The van der Waals surface area contributed by atoms with Crippen molar-refractivity contribution in [2.45, 2.75) is 32.2 Å². The van der Waals surface area contributed by atoms with Crippen LogP contribution >= 0.6 is 35.0 Å². The highest BCUT2D eigenvalue weighted by Gasteiger charge is 2.38. The Morgan fingerprint density at radius 1 is 1.00 bits per heavy atom. The third-order valence-electron chi connectivity index (χ3n) is 5.36. The first-order chi connectivity index (χ1) is 14.1. The number of hydrogen-bond acceptors (Lipinski definition) is 4. The second-order valence-corrected chi connectivity index (χ2v) is 9.40. The lowest BCUT2D eigenvalue weighted by Crippen LogP contribution is -2.32. The number of allylic oxidation sites excluding steroid dienone is 1. The van der Waals surface area contributed by atoms with Crippen molar-refractivity contribution in [1.29, 1.82) is 0 Å². The van der Waals surface area contributed by atoms with E-state index in [0.29, 0.717) is 0 Å². The second-order valence-electron chi connectivity index (χ2n) is 7.36. The minimum atomic E-state index is 0.0636. The number of aliphatic imine (C=N–C) groups is 1. The molecule has 5 rings (SSSR count). The zero-order valence-corrected chi connectivity index (χ0v) is 18.2. The van der Waals surface area contributed by atoms with Gasteiger partial charge < -0.3 is 0 Å². The number of halogens is 2. The molecule has 2 aromatic rings. The molecule has 0 radical (unpaired) electrons. The van der Waals surface area contributed by atoms with Crippen LogP contribution in [0.15, 0.2) is 75.5 Å². The lowest BCUT2D eigenvalue weighted by atomic mass is 9.83. The van der Waals surface area contributed by atoms with Gasteiger partial charge in [0.1, 0.15) is 6.04 Å². The molecular formula is C23H19Cl2N3S. The maximum Gasteiger partial charge on any atom is 0.192 e. The van der Waals surface area contributed by atoms with Crippen LogP contribution in [0.3, 0.4) is 0 Å². The van der Waals surface area contributed by atoms with E-state index in [4.69, 9.17) is 33.3 Å². The SMILES string of the molecule is CC1=NN2C(=NC3=C(CCC/C3=C\c3ccc(Cl)cc3)C2c2ccc(Cl)cc2)S1. The predicted molar refractivity (Wildman–Crippen MR) is 124 cm³/mol. The summed E-state index contributed by atoms with van der Waals surface area (Å²) >= 11 is 13.8. The van der Waals surface area contributed by atoms with Gasteiger partial charge in [-0.05, 0) is 90.6 Å². The summed E-state index contributed by atoms with van der Waals surface area (Å²) in [5.41, 5.74) is 6.08. The molecule has 0 fully saturated rings. The molecule has 3 aliphatic rings. The summed E-state index contributed by atoms with van der Waals surface area (Å²) in [5, 5.41) is 10.3. The molecule has 0 saturated heterocycles. The van der Waals surface area contributed by atoms with Crippen molar-refractivity contribution < 1.29 is 0 Å². The molecule has 2 aliphatic heterocycles. The third kappa shape index (κ3) is 3.65. The molecule has 146 valence electrons.